The third kappa shape index (κ3) is 3.43. The Hall–Kier alpha value is -2.22. The number of benzene rings is 1. The minimum atomic E-state index is -0.0905. The van der Waals surface area contributed by atoms with Crippen molar-refractivity contribution in [2.45, 2.75) is 53.0 Å². The summed E-state index contributed by atoms with van der Waals surface area (Å²) in [6.45, 7) is 12.9. The maximum Gasteiger partial charge on any atom is 0.162 e. The van der Waals surface area contributed by atoms with E-state index < -0.39 is 0 Å². The molecule has 3 aliphatic heterocycles. The molecule has 2 saturated heterocycles. The molecule has 1 aromatic carbocycles. The fourth-order valence-electron chi connectivity index (χ4n) is 5.84. The summed E-state index contributed by atoms with van der Waals surface area (Å²) in [4.78, 5) is 8.92. The molecule has 5 heterocycles. The van der Waals surface area contributed by atoms with Crippen molar-refractivity contribution in [1.29, 1.82) is 0 Å². The van der Waals surface area contributed by atoms with Crippen molar-refractivity contribution in [3.05, 3.63) is 56.4 Å². The molecule has 0 unspecified atom stereocenters. The molecule has 0 saturated carbocycles. The van der Waals surface area contributed by atoms with Gasteiger partial charge in [-0.1, -0.05) is 17.7 Å². The Labute approximate surface area is 210 Å². The van der Waals surface area contributed by atoms with Crippen LogP contribution in [-0.4, -0.2) is 46.7 Å². The van der Waals surface area contributed by atoms with E-state index in [-0.39, 0.29) is 6.04 Å². The zero-order valence-electron chi connectivity index (χ0n) is 20.3. The SMILES string of the molecule is Cc1sc2c(c1C)C(c1ccc(N3CCC4(CCNC4)CC3)c(Cl)c1)=N[C@@H](C)c1nnc(C)n1-2. The van der Waals surface area contributed by atoms with Crippen LogP contribution in [0.3, 0.4) is 0 Å². The summed E-state index contributed by atoms with van der Waals surface area (Å²) < 4.78 is 2.18. The van der Waals surface area contributed by atoms with Crippen LogP contribution in [0.1, 0.15) is 65.4 Å². The summed E-state index contributed by atoms with van der Waals surface area (Å²) in [5.74, 6) is 1.79. The molecule has 6 nitrogen and oxygen atoms in total. The maximum atomic E-state index is 6.94. The molecule has 1 spiro atoms. The highest BCUT2D eigenvalue weighted by Gasteiger charge is 2.37. The van der Waals surface area contributed by atoms with Crippen molar-refractivity contribution in [2.24, 2.45) is 10.4 Å². The molecule has 178 valence electrons. The standard InChI is InChI=1S/C26H31ClN6S/c1-15-17(3)34-25-22(15)23(29-16(2)24-31-30-18(4)33(24)25)19-5-6-21(20(27)13-19)32-11-8-26(9-12-32)7-10-28-14-26/h5-6,13,16,28H,7-12,14H2,1-4H3/t16-/m0/s1. The third-order valence-electron chi connectivity index (χ3n) is 8.07. The molecule has 2 aromatic heterocycles. The number of nitrogens with zero attached hydrogens (tertiary/aromatic N) is 5. The van der Waals surface area contributed by atoms with Crippen LogP contribution < -0.4 is 10.2 Å². The number of hydrogen-bond acceptors (Lipinski definition) is 6. The van der Waals surface area contributed by atoms with Gasteiger partial charge >= 0.3 is 0 Å². The number of aromatic nitrogens is 3. The second kappa shape index (κ2) is 8.18. The highest BCUT2D eigenvalue weighted by molar-refractivity contribution is 7.15. The van der Waals surface area contributed by atoms with E-state index in [4.69, 9.17) is 16.6 Å². The zero-order chi connectivity index (χ0) is 23.6. The van der Waals surface area contributed by atoms with Gasteiger partial charge in [-0.2, -0.15) is 0 Å². The number of anilines is 1. The van der Waals surface area contributed by atoms with Crippen LogP contribution in [0.2, 0.25) is 5.02 Å². The summed E-state index contributed by atoms with van der Waals surface area (Å²) >= 11 is 8.73. The van der Waals surface area contributed by atoms with Gasteiger partial charge in [-0.15, -0.1) is 21.5 Å². The Balaban J connectivity index is 1.37. The summed E-state index contributed by atoms with van der Waals surface area (Å²) in [6, 6.07) is 6.41. The first-order valence-electron chi connectivity index (χ1n) is 12.2. The Morgan fingerprint density at radius 2 is 1.91 bits per heavy atom. The number of aryl methyl sites for hydroxylation is 2. The van der Waals surface area contributed by atoms with E-state index in [0.717, 1.165) is 58.3 Å². The predicted molar refractivity (Wildman–Crippen MR) is 140 cm³/mol. The van der Waals surface area contributed by atoms with Gasteiger partial charge in [0.1, 0.15) is 16.9 Å². The van der Waals surface area contributed by atoms with Gasteiger partial charge in [0.2, 0.25) is 0 Å². The average molecular weight is 495 g/mol. The molecule has 0 radical (unpaired) electrons. The largest absolute Gasteiger partial charge is 0.370 e. The smallest absolute Gasteiger partial charge is 0.162 e. The number of thiophene rings is 1. The summed E-state index contributed by atoms with van der Waals surface area (Å²) in [7, 11) is 0. The zero-order valence-corrected chi connectivity index (χ0v) is 21.9. The van der Waals surface area contributed by atoms with Crippen molar-refractivity contribution in [1.82, 2.24) is 20.1 Å². The summed E-state index contributed by atoms with van der Waals surface area (Å²) in [6.07, 6.45) is 3.77. The number of piperidine rings is 1. The Morgan fingerprint density at radius 3 is 2.62 bits per heavy atom. The Kier molecular flexibility index (Phi) is 5.35. The normalized spacial score (nSPS) is 21.4. The van der Waals surface area contributed by atoms with Crippen molar-refractivity contribution in [3.8, 4) is 5.00 Å². The minimum Gasteiger partial charge on any atom is -0.370 e. The highest BCUT2D eigenvalue weighted by atomic mass is 35.5. The number of halogens is 1. The first-order chi connectivity index (χ1) is 16.4. The quantitative estimate of drug-likeness (QED) is 0.518. The first-order valence-corrected chi connectivity index (χ1v) is 13.4. The lowest BCUT2D eigenvalue weighted by Crippen LogP contribution is -2.41. The number of nitrogens with one attached hydrogen (secondary N) is 1. The maximum absolute atomic E-state index is 6.94. The van der Waals surface area contributed by atoms with Crippen molar-refractivity contribution >= 4 is 34.3 Å². The number of fused-ring (bicyclic) bond motifs is 3. The lowest BCUT2D eigenvalue weighted by atomic mass is 9.78. The van der Waals surface area contributed by atoms with Crippen molar-refractivity contribution < 1.29 is 0 Å². The van der Waals surface area contributed by atoms with E-state index in [2.05, 4.69) is 64.0 Å². The summed E-state index contributed by atoms with van der Waals surface area (Å²) in [5, 5.41) is 14.3. The fourth-order valence-corrected chi connectivity index (χ4v) is 7.35. The van der Waals surface area contributed by atoms with E-state index in [1.807, 2.05) is 6.92 Å². The predicted octanol–water partition coefficient (Wildman–Crippen LogP) is 5.40. The molecule has 3 aliphatic rings. The van der Waals surface area contributed by atoms with E-state index >= 15 is 0 Å². The van der Waals surface area contributed by atoms with E-state index in [1.54, 1.807) is 11.3 Å². The molecule has 3 aromatic rings. The van der Waals surface area contributed by atoms with Gasteiger partial charge in [0, 0.05) is 35.6 Å². The third-order valence-corrected chi connectivity index (χ3v) is 9.57. The van der Waals surface area contributed by atoms with Crippen LogP contribution in [0.4, 0.5) is 5.69 Å². The Bertz CT molecular complexity index is 1290. The molecule has 1 atom stereocenters. The van der Waals surface area contributed by atoms with E-state index in [9.17, 15) is 0 Å². The van der Waals surface area contributed by atoms with Crippen LogP contribution >= 0.6 is 22.9 Å². The van der Waals surface area contributed by atoms with Gasteiger partial charge in [-0.3, -0.25) is 9.56 Å². The van der Waals surface area contributed by atoms with Gasteiger partial charge in [-0.05, 0) is 76.6 Å². The highest BCUT2D eigenvalue weighted by Crippen LogP contribution is 2.42. The molecule has 1 N–H and O–H groups in total. The van der Waals surface area contributed by atoms with E-state index in [0.29, 0.717) is 5.41 Å². The lowest BCUT2D eigenvalue weighted by Gasteiger charge is -2.40. The van der Waals surface area contributed by atoms with Gasteiger partial charge in [0.15, 0.2) is 5.82 Å². The minimum absolute atomic E-state index is 0.0905. The second-order valence-corrected chi connectivity index (χ2v) is 11.7. The van der Waals surface area contributed by atoms with Gasteiger partial charge in [-0.25, -0.2) is 0 Å². The van der Waals surface area contributed by atoms with Crippen molar-refractivity contribution in [3.63, 3.8) is 0 Å². The lowest BCUT2D eigenvalue weighted by molar-refractivity contribution is 0.247. The number of aliphatic imine (C=N–C) groups is 1. The molecule has 6 rings (SSSR count). The van der Waals surface area contributed by atoms with Crippen LogP contribution in [0, 0.1) is 26.2 Å². The van der Waals surface area contributed by atoms with E-state index in [1.165, 1.54) is 41.8 Å². The van der Waals surface area contributed by atoms with Gasteiger partial charge in [0.25, 0.3) is 0 Å². The van der Waals surface area contributed by atoms with Crippen LogP contribution in [0.5, 0.6) is 0 Å². The Morgan fingerprint density at radius 1 is 1.12 bits per heavy atom. The average Bonchev–Trinajstić information content (AvgIpc) is 3.49. The molecule has 34 heavy (non-hydrogen) atoms. The topological polar surface area (TPSA) is 58.3 Å². The monoisotopic (exact) mass is 494 g/mol. The van der Waals surface area contributed by atoms with Crippen LogP contribution in [-0.2, 0) is 0 Å². The molecule has 0 aliphatic carbocycles. The number of rotatable bonds is 2. The fraction of sp³-hybridized carbons (Fsp3) is 0.500. The molecule has 2 fully saturated rings. The van der Waals surface area contributed by atoms with Crippen LogP contribution in [0.25, 0.3) is 5.00 Å². The molecule has 0 amide bonds. The second-order valence-electron chi connectivity index (χ2n) is 10.1. The van der Waals surface area contributed by atoms with Crippen molar-refractivity contribution in [2.75, 3.05) is 31.1 Å². The molecular formula is C26H31ClN6S. The van der Waals surface area contributed by atoms with Crippen LogP contribution in [0.15, 0.2) is 23.2 Å². The van der Waals surface area contributed by atoms with Gasteiger partial charge in [0.05, 0.1) is 16.4 Å². The molecule has 8 heteroatoms. The number of hydrogen-bond donors (Lipinski definition) is 1. The molecule has 0 bridgehead atoms. The van der Waals surface area contributed by atoms with Gasteiger partial charge < -0.3 is 10.2 Å². The first kappa shape index (κ1) is 22.3. The molecular weight excluding hydrogens is 464 g/mol. The summed E-state index contributed by atoms with van der Waals surface area (Å²) in [5.41, 5.74) is 6.13.